The molecule has 0 saturated carbocycles. The number of amides is 1. The van der Waals surface area contributed by atoms with Crippen LogP contribution in [0.5, 0.6) is 5.75 Å². The first-order chi connectivity index (χ1) is 13.0. The molecule has 4 nitrogen and oxygen atoms in total. The SMILES string of the molecule is COc1c(Br)cc(Br)cc1/C=C/C(=O)Nc1ccc(N2CCCC2)c(Cl)c1. The van der Waals surface area contributed by atoms with Gasteiger partial charge in [-0.25, -0.2) is 0 Å². The molecule has 1 heterocycles. The first kappa shape index (κ1) is 20.2. The summed E-state index contributed by atoms with van der Waals surface area (Å²) in [5.41, 5.74) is 2.47. The van der Waals surface area contributed by atoms with E-state index in [4.69, 9.17) is 16.3 Å². The lowest BCUT2D eigenvalue weighted by Gasteiger charge is -2.19. The number of rotatable bonds is 5. The van der Waals surface area contributed by atoms with Crippen LogP contribution < -0.4 is 15.0 Å². The van der Waals surface area contributed by atoms with Gasteiger partial charge < -0.3 is 15.0 Å². The third kappa shape index (κ3) is 5.06. The molecule has 0 aliphatic carbocycles. The fourth-order valence-electron chi connectivity index (χ4n) is 3.07. The normalized spacial score (nSPS) is 14.0. The van der Waals surface area contributed by atoms with Crippen molar-refractivity contribution in [2.24, 2.45) is 0 Å². The van der Waals surface area contributed by atoms with Crippen molar-refractivity contribution in [1.29, 1.82) is 0 Å². The summed E-state index contributed by atoms with van der Waals surface area (Å²) in [6, 6.07) is 9.40. The van der Waals surface area contributed by atoms with Gasteiger partial charge in [0.1, 0.15) is 5.75 Å². The molecular formula is C20H19Br2ClN2O2. The van der Waals surface area contributed by atoms with E-state index in [1.54, 1.807) is 19.3 Å². The van der Waals surface area contributed by atoms with E-state index in [-0.39, 0.29) is 5.91 Å². The molecule has 1 fully saturated rings. The largest absolute Gasteiger partial charge is 0.495 e. The highest BCUT2D eigenvalue weighted by molar-refractivity contribution is 9.11. The van der Waals surface area contributed by atoms with Crippen molar-refractivity contribution < 1.29 is 9.53 Å². The molecule has 0 radical (unpaired) electrons. The molecule has 0 unspecified atom stereocenters. The number of nitrogens with zero attached hydrogens (tertiary/aromatic N) is 1. The summed E-state index contributed by atoms with van der Waals surface area (Å²) in [5.74, 6) is 0.429. The van der Waals surface area contributed by atoms with Gasteiger partial charge in [-0.05, 0) is 65.2 Å². The van der Waals surface area contributed by atoms with Crippen LogP contribution in [-0.4, -0.2) is 26.1 Å². The zero-order valence-electron chi connectivity index (χ0n) is 14.8. The van der Waals surface area contributed by atoms with E-state index in [2.05, 4.69) is 42.1 Å². The molecule has 1 amide bonds. The van der Waals surface area contributed by atoms with E-state index < -0.39 is 0 Å². The van der Waals surface area contributed by atoms with Gasteiger partial charge in [-0.1, -0.05) is 27.5 Å². The summed E-state index contributed by atoms with van der Waals surface area (Å²) in [6.07, 6.45) is 5.56. The first-order valence-corrected chi connectivity index (χ1v) is 10.5. The molecule has 0 atom stereocenters. The highest BCUT2D eigenvalue weighted by atomic mass is 79.9. The summed E-state index contributed by atoms with van der Waals surface area (Å²) in [6.45, 7) is 2.05. The van der Waals surface area contributed by atoms with Crippen LogP contribution in [0.15, 0.2) is 45.4 Å². The van der Waals surface area contributed by atoms with Gasteiger partial charge in [0.2, 0.25) is 5.91 Å². The number of halogens is 3. The molecule has 0 spiro atoms. The van der Waals surface area contributed by atoms with Crippen LogP contribution >= 0.6 is 43.5 Å². The lowest BCUT2D eigenvalue weighted by Crippen LogP contribution is -2.18. The van der Waals surface area contributed by atoms with Crippen molar-refractivity contribution in [2.45, 2.75) is 12.8 Å². The Kier molecular flexibility index (Phi) is 6.84. The minimum absolute atomic E-state index is 0.238. The Balaban J connectivity index is 1.71. The molecule has 27 heavy (non-hydrogen) atoms. The van der Waals surface area contributed by atoms with Gasteiger partial charge in [0, 0.05) is 34.9 Å². The second-order valence-corrected chi connectivity index (χ2v) is 8.37. The Labute approximate surface area is 180 Å². The number of methoxy groups -OCH3 is 1. The minimum Gasteiger partial charge on any atom is -0.495 e. The lowest BCUT2D eigenvalue weighted by molar-refractivity contribution is -0.111. The zero-order chi connectivity index (χ0) is 19.4. The van der Waals surface area contributed by atoms with Crippen molar-refractivity contribution in [3.05, 3.63) is 55.9 Å². The van der Waals surface area contributed by atoms with Gasteiger partial charge in [0.25, 0.3) is 0 Å². The smallest absolute Gasteiger partial charge is 0.248 e. The fraction of sp³-hybridized carbons (Fsp3) is 0.250. The molecular weight excluding hydrogens is 495 g/mol. The number of anilines is 2. The van der Waals surface area contributed by atoms with Crippen molar-refractivity contribution in [3.8, 4) is 5.75 Å². The van der Waals surface area contributed by atoms with E-state index in [9.17, 15) is 4.79 Å². The van der Waals surface area contributed by atoms with Crippen LogP contribution in [0.1, 0.15) is 18.4 Å². The Morgan fingerprint density at radius 3 is 2.63 bits per heavy atom. The molecule has 1 saturated heterocycles. The van der Waals surface area contributed by atoms with Crippen molar-refractivity contribution in [1.82, 2.24) is 0 Å². The lowest BCUT2D eigenvalue weighted by atomic mass is 10.2. The van der Waals surface area contributed by atoms with Crippen LogP contribution in [0.2, 0.25) is 5.02 Å². The summed E-state index contributed by atoms with van der Waals surface area (Å²) < 4.78 is 7.08. The Morgan fingerprint density at radius 2 is 1.96 bits per heavy atom. The number of nitrogens with one attached hydrogen (secondary N) is 1. The molecule has 3 rings (SSSR count). The van der Waals surface area contributed by atoms with Crippen molar-refractivity contribution in [3.63, 3.8) is 0 Å². The predicted octanol–water partition coefficient (Wildman–Crippen LogP) is 6.13. The number of carbonyl (C=O) groups excluding carboxylic acids is 1. The van der Waals surface area contributed by atoms with Gasteiger partial charge in [-0.2, -0.15) is 0 Å². The van der Waals surface area contributed by atoms with E-state index in [1.165, 1.54) is 18.9 Å². The molecule has 2 aromatic rings. The quantitative estimate of drug-likeness (QED) is 0.489. The topological polar surface area (TPSA) is 41.6 Å². The van der Waals surface area contributed by atoms with E-state index >= 15 is 0 Å². The van der Waals surface area contributed by atoms with Crippen LogP contribution in [0.25, 0.3) is 6.08 Å². The monoisotopic (exact) mass is 512 g/mol. The number of hydrogen-bond acceptors (Lipinski definition) is 3. The standard InChI is InChI=1S/C20H19Br2ClN2O2/c1-27-20-13(10-14(21)11-16(20)22)4-7-19(26)24-15-5-6-18(17(23)12-15)25-8-2-3-9-25/h4-7,10-12H,2-3,8-9H2,1H3,(H,24,26)/b7-4+. The summed E-state index contributed by atoms with van der Waals surface area (Å²) in [7, 11) is 1.59. The number of hydrogen-bond donors (Lipinski definition) is 1. The van der Waals surface area contributed by atoms with Crippen LogP contribution in [0.4, 0.5) is 11.4 Å². The molecule has 1 N–H and O–H groups in total. The first-order valence-electron chi connectivity index (χ1n) is 8.54. The maximum absolute atomic E-state index is 12.3. The Morgan fingerprint density at radius 1 is 1.22 bits per heavy atom. The van der Waals surface area contributed by atoms with Gasteiger partial charge in [0.05, 0.1) is 22.3 Å². The zero-order valence-corrected chi connectivity index (χ0v) is 18.7. The molecule has 1 aliphatic heterocycles. The van der Waals surface area contributed by atoms with Crippen LogP contribution in [-0.2, 0) is 4.79 Å². The summed E-state index contributed by atoms with van der Waals surface area (Å²) >= 11 is 13.3. The molecule has 2 aromatic carbocycles. The Hall–Kier alpha value is -1.50. The highest BCUT2D eigenvalue weighted by Gasteiger charge is 2.15. The van der Waals surface area contributed by atoms with E-state index in [0.717, 1.165) is 33.3 Å². The number of carbonyl (C=O) groups is 1. The molecule has 0 bridgehead atoms. The van der Waals surface area contributed by atoms with Crippen LogP contribution in [0, 0.1) is 0 Å². The average molecular weight is 515 g/mol. The molecule has 142 valence electrons. The van der Waals surface area contributed by atoms with Gasteiger partial charge in [-0.3, -0.25) is 4.79 Å². The van der Waals surface area contributed by atoms with Crippen LogP contribution in [0.3, 0.4) is 0 Å². The molecule has 7 heteroatoms. The van der Waals surface area contributed by atoms with Gasteiger partial charge >= 0.3 is 0 Å². The molecule has 1 aliphatic rings. The maximum Gasteiger partial charge on any atom is 0.248 e. The number of ether oxygens (including phenoxy) is 1. The predicted molar refractivity (Wildman–Crippen MR) is 119 cm³/mol. The van der Waals surface area contributed by atoms with Crippen molar-refractivity contribution in [2.75, 3.05) is 30.4 Å². The summed E-state index contributed by atoms with van der Waals surface area (Å²) in [4.78, 5) is 14.6. The fourth-order valence-corrected chi connectivity index (χ4v) is 4.79. The third-order valence-electron chi connectivity index (χ3n) is 4.32. The number of benzene rings is 2. The van der Waals surface area contributed by atoms with Gasteiger partial charge in [0.15, 0.2) is 0 Å². The molecule has 0 aromatic heterocycles. The average Bonchev–Trinajstić information content (AvgIpc) is 3.14. The maximum atomic E-state index is 12.3. The third-order valence-corrected chi connectivity index (χ3v) is 5.67. The minimum atomic E-state index is -0.238. The van der Waals surface area contributed by atoms with E-state index in [1.807, 2.05) is 24.3 Å². The summed E-state index contributed by atoms with van der Waals surface area (Å²) in [5, 5.41) is 3.49. The van der Waals surface area contributed by atoms with Gasteiger partial charge in [-0.15, -0.1) is 0 Å². The second kappa shape index (κ2) is 9.13. The second-order valence-electron chi connectivity index (χ2n) is 6.19. The Bertz CT molecular complexity index is 881. The van der Waals surface area contributed by atoms with E-state index in [0.29, 0.717) is 16.5 Å². The van der Waals surface area contributed by atoms with Crippen molar-refractivity contribution >= 4 is 66.8 Å². The highest BCUT2D eigenvalue weighted by Crippen LogP contribution is 2.34.